The van der Waals surface area contributed by atoms with Crippen LogP contribution in [-0.4, -0.2) is 88.7 Å². The largest absolute Gasteiger partial charge is 0.394 e. The van der Waals surface area contributed by atoms with Crippen LogP contribution >= 0.6 is 0 Å². The maximum atomic E-state index is 12.9. The van der Waals surface area contributed by atoms with Crippen LogP contribution in [0.3, 0.4) is 0 Å². The molecule has 10 heteroatoms. The topological polar surface area (TPSA) is 158 Å². The van der Waals surface area contributed by atoms with Crippen LogP contribution in [-0.2, 0) is 19.1 Å². The van der Waals surface area contributed by atoms with Gasteiger partial charge in [0.05, 0.1) is 13.2 Å². The number of ether oxygens (including phenoxy) is 2. The van der Waals surface area contributed by atoms with Gasteiger partial charge in [-0.25, -0.2) is 0 Å². The van der Waals surface area contributed by atoms with Gasteiger partial charge in [0.15, 0.2) is 6.29 Å². The van der Waals surface area contributed by atoms with Gasteiger partial charge in [-0.1, -0.05) is 82.2 Å². The van der Waals surface area contributed by atoms with E-state index in [0.717, 1.165) is 24.8 Å². The molecule has 0 radical (unpaired) electrons. The fraction of sp³-hybridized carbons (Fsp3) is 0.643. The number of rotatable bonds is 17. The number of aliphatic hydroxyl groups excluding tert-OH is 4. The Labute approximate surface area is 225 Å². The summed E-state index contributed by atoms with van der Waals surface area (Å²) in [5.41, 5.74) is 0.816. The van der Waals surface area contributed by atoms with E-state index in [2.05, 4.69) is 17.6 Å². The molecule has 6 N–H and O–H groups in total. The van der Waals surface area contributed by atoms with Crippen LogP contribution in [0.5, 0.6) is 0 Å². The molecule has 1 aliphatic rings. The van der Waals surface area contributed by atoms with E-state index in [0.29, 0.717) is 6.54 Å². The molecule has 10 nitrogen and oxygen atoms in total. The average molecular weight is 537 g/mol. The van der Waals surface area contributed by atoms with Crippen molar-refractivity contribution in [2.75, 3.05) is 19.8 Å². The molecule has 0 aromatic heterocycles. The summed E-state index contributed by atoms with van der Waals surface area (Å²) in [7, 11) is 0. The molecule has 1 heterocycles. The van der Waals surface area contributed by atoms with Crippen molar-refractivity contribution in [3.63, 3.8) is 0 Å². The van der Waals surface area contributed by atoms with Crippen LogP contribution in [0.4, 0.5) is 0 Å². The predicted molar refractivity (Wildman–Crippen MR) is 143 cm³/mol. The molecule has 6 atom stereocenters. The van der Waals surface area contributed by atoms with E-state index in [1.807, 2.05) is 30.3 Å². The smallest absolute Gasteiger partial charge is 0.245 e. The van der Waals surface area contributed by atoms with E-state index >= 15 is 0 Å². The standard InChI is InChI=1S/C28H44N2O8/c1-2-3-4-5-6-7-8-12-17-29-27(36)21(30-23(32)16-15-20-13-10-9-11-14-20)19-37-28-26(35)25(34)24(33)22(18-31)38-28/h9-11,13-16,21-22,24-26,28,31,33-35H,2-8,12,17-19H2,1H3,(H,29,36)(H,30,32)/b16-15+/t21-,22+,24-,25-,26+,28-/m0/s1. The Balaban J connectivity index is 1.91. The summed E-state index contributed by atoms with van der Waals surface area (Å²) < 4.78 is 10.9. The normalized spacial score (nSPS) is 24.3. The molecule has 214 valence electrons. The van der Waals surface area contributed by atoms with E-state index in [1.165, 1.54) is 38.2 Å². The van der Waals surface area contributed by atoms with Gasteiger partial charge in [-0.2, -0.15) is 0 Å². The van der Waals surface area contributed by atoms with Crippen LogP contribution in [0.1, 0.15) is 63.9 Å². The van der Waals surface area contributed by atoms with Crippen LogP contribution in [0.15, 0.2) is 36.4 Å². The van der Waals surface area contributed by atoms with E-state index < -0.39 is 55.2 Å². The monoisotopic (exact) mass is 536 g/mol. The molecule has 1 saturated heterocycles. The molecule has 1 aromatic carbocycles. The van der Waals surface area contributed by atoms with Crippen molar-refractivity contribution in [3.8, 4) is 0 Å². The first kappa shape index (κ1) is 31.9. The Bertz CT molecular complexity index is 835. The summed E-state index contributed by atoms with van der Waals surface area (Å²) in [5.74, 6) is -0.975. The first-order valence-electron chi connectivity index (χ1n) is 13.6. The number of amides is 2. The Morgan fingerprint density at radius 1 is 0.974 bits per heavy atom. The number of hydrogen-bond donors (Lipinski definition) is 6. The number of aliphatic hydroxyl groups is 4. The second-order valence-electron chi connectivity index (χ2n) is 9.60. The molecule has 0 spiro atoms. The van der Waals surface area contributed by atoms with E-state index in [1.54, 1.807) is 6.08 Å². The number of carbonyl (C=O) groups is 2. The SMILES string of the molecule is CCCCCCCCCCNC(=O)[C@H](CO[C@H]1O[C@H](CO)[C@H](O)[C@H](O)[C@H]1O)NC(=O)/C=C/c1ccccc1. The first-order valence-corrected chi connectivity index (χ1v) is 13.6. The number of hydrogen-bond acceptors (Lipinski definition) is 8. The summed E-state index contributed by atoms with van der Waals surface area (Å²) >= 11 is 0. The molecule has 1 aromatic rings. The quantitative estimate of drug-likeness (QED) is 0.128. The van der Waals surface area contributed by atoms with Crippen LogP contribution < -0.4 is 10.6 Å². The van der Waals surface area contributed by atoms with Crippen LogP contribution in [0, 0.1) is 0 Å². The third-order valence-electron chi connectivity index (χ3n) is 6.46. The number of benzene rings is 1. The summed E-state index contributed by atoms with van der Waals surface area (Å²) in [6, 6.07) is 8.10. The van der Waals surface area contributed by atoms with Crippen molar-refractivity contribution in [2.24, 2.45) is 0 Å². The van der Waals surface area contributed by atoms with Crippen molar-refractivity contribution >= 4 is 17.9 Å². The van der Waals surface area contributed by atoms with E-state index in [-0.39, 0.29) is 6.61 Å². The van der Waals surface area contributed by atoms with Gasteiger partial charge < -0.3 is 40.5 Å². The molecule has 0 unspecified atom stereocenters. The van der Waals surface area contributed by atoms with Crippen molar-refractivity contribution in [1.82, 2.24) is 10.6 Å². The maximum Gasteiger partial charge on any atom is 0.245 e. The van der Waals surface area contributed by atoms with Crippen molar-refractivity contribution < 1.29 is 39.5 Å². The molecular weight excluding hydrogens is 492 g/mol. The summed E-state index contributed by atoms with van der Waals surface area (Å²) in [4.78, 5) is 25.4. The number of carbonyl (C=O) groups excluding carboxylic acids is 2. The van der Waals surface area contributed by atoms with E-state index in [9.17, 15) is 30.0 Å². The van der Waals surface area contributed by atoms with Gasteiger partial charge in [0, 0.05) is 12.6 Å². The highest BCUT2D eigenvalue weighted by Crippen LogP contribution is 2.22. The lowest BCUT2D eigenvalue weighted by Crippen LogP contribution is -2.60. The first-order chi connectivity index (χ1) is 18.4. The van der Waals surface area contributed by atoms with Crippen LogP contribution in [0.25, 0.3) is 6.08 Å². The Morgan fingerprint density at radius 3 is 2.29 bits per heavy atom. The van der Waals surface area contributed by atoms with Gasteiger partial charge in [-0.3, -0.25) is 9.59 Å². The summed E-state index contributed by atoms with van der Waals surface area (Å²) in [5, 5.41) is 44.9. The Kier molecular flexibility index (Phi) is 15.1. The highest BCUT2D eigenvalue weighted by molar-refractivity contribution is 5.95. The van der Waals surface area contributed by atoms with Gasteiger partial charge in [-0.15, -0.1) is 0 Å². The lowest BCUT2D eigenvalue weighted by atomic mass is 9.99. The maximum absolute atomic E-state index is 12.9. The fourth-order valence-corrected chi connectivity index (χ4v) is 4.13. The number of unbranched alkanes of at least 4 members (excludes halogenated alkanes) is 7. The molecule has 1 fully saturated rings. The van der Waals surface area contributed by atoms with Crippen LogP contribution in [0.2, 0.25) is 0 Å². The van der Waals surface area contributed by atoms with Crippen molar-refractivity contribution in [3.05, 3.63) is 42.0 Å². The second kappa shape index (κ2) is 18.0. The van der Waals surface area contributed by atoms with Gasteiger partial charge in [-0.05, 0) is 18.1 Å². The Morgan fingerprint density at radius 2 is 1.63 bits per heavy atom. The average Bonchev–Trinajstić information content (AvgIpc) is 2.93. The fourth-order valence-electron chi connectivity index (χ4n) is 4.13. The molecule has 2 rings (SSSR count). The molecule has 0 bridgehead atoms. The second-order valence-corrected chi connectivity index (χ2v) is 9.60. The zero-order valence-corrected chi connectivity index (χ0v) is 22.2. The molecule has 0 saturated carbocycles. The highest BCUT2D eigenvalue weighted by Gasteiger charge is 2.44. The predicted octanol–water partition coefficient (Wildman–Crippen LogP) is 1.26. The molecule has 0 aliphatic carbocycles. The van der Waals surface area contributed by atoms with Gasteiger partial charge in [0.2, 0.25) is 11.8 Å². The Hall–Kier alpha value is -2.34. The van der Waals surface area contributed by atoms with Crippen molar-refractivity contribution in [2.45, 2.75) is 95.0 Å². The highest BCUT2D eigenvalue weighted by atomic mass is 16.7. The molecule has 38 heavy (non-hydrogen) atoms. The molecule has 2 amide bonds. The van der Waals surface area contributed by atoms with Crippen molar-refractivity contribution in [1.29, 1.82) is 0 Å². The van der Waals surface area contributed by atoms with E-state index in [4.69, 9.17) is 9.47 Å². The lowest BCUT2D eigenvalue weighted by molar-refractivity contribution is -0.301. The lowest BCUT2D eigenvalue weighted by Gasteiger charge is -2.39. The molecule has 1 aliphatic heterocycles. The zero-order chi connectivity index (χ0) is 27.8. The van der Waals surface area contributed by atoms with Gasteiger partial charge >= 0.3 is 0 Å². The van der Waals surface area contributed by atoms with Gasteiger partial charge in [0.1, 0.15) is 30.5 Å². The molecular formula is C28H44N2O8. The summed E-state index contributed by atoms with van der Waals surface area (Å²) in [6.45, 7) is 1.66. The summed E-state index contributed by atoms with van der Waals surface area (Å²) in [6.07, 6.45) is 4.65. The minimum absolute atomic E-state index is 0.364. The third kappa shape index (κ3) is 11.2. The minimum atomic E-state index is -1.61. The third-order valence-corrected chi connectivity index (χ3v) is 6.46. The number of nitrogens with one attached hydrogen (secondary N) is 2. The van der Waals surface area contributed by atoms with Gasteiger partial charge in [0.25, 0.3) is 0 Å². The minimum Gasteiger partial charge on any atom is -0.394 e. The zero-order valence-electron chi connectivity index (χ0n) is 22.2.